The fourth-order valence-electron chi connectivity index (χ4n) is 2.93. The molecule has 2 unspecified atom stereocenters. The molecule has 0 spiro atoms. The van der Waals surface area contributed by atoms with Crippen LogP contribution in [0.3, 0.4) is 0 Å². The van der Waals surface area contributed by atoms with E-state index in [9.17, 15) is 0 Å². The third-order valence-electron chi connectivity index (χ3n) is 3.89. The van der Waals surface area contributed by atoms with E-state index in [-0.39, 0.29) is 5.41 Å². The van der Waals surface area contributed by atoms with Crippen molar-refractivity contribution < 1.29 is 15.0 Å². The second kappa shape index (κ2) is 6.99. The third kappa shape index (κ3) is 4.78. The smallest absolute Gasteiger partial charge is 0.450 e. The fraction of sp³-hybridized carbons (Fsp3) is 0.471. The molecule has 0 amide bonds. The maximum Gasteiger partial charge on any atom is 0.503 e. The molecule has 0 aromatic heterocycles. The van der Waals surface area contributed by atoms with Gasteiger partial charge in [-0.1, -0.05) is 49.7 Å². The summed E-state index contributed by atoms with van der Waals surface area (Å²) in [5.41, 5.74) is 3.96. The number of halogens is 1. The molecule has 1 aliphatic carbocycles. The van der Waals surface area contributed by atoms with Crippen molar-refractivity contribution in [1.29, 1.82) is 0 Å². The molecule has 116 valence electrons. The lowest BCUT2D eigenvalue weighted by molar-refractivity contribution is 0.137. The number of carbonyl (C=O) groups is 1. The van der Waals surface area contributed by atoms with Crippen molar-refractivity contribution in [2.45, 2.75) is 46.0 Å². The van der Waals surface area contributed by atoms with Crippen LogP contribution < -0.4 is 0 Å². The van der Waals surface area contributed by atoms with Crippen LogP contribution in [0.4, 0.5) is 4.79 Å². The molecule has 0 heterocycles. The lowest BCUT2D eigenvalue weighted by Crippen LogP contribution is -2.25. The molecule has 1 aliphatic rings. The standard InChI is InChI=1S/C16H21Cl.CH2O3/c1-11-6-5-7-16(4,10-11)14-8-12(2)15(17)13(3)9-14;2-1(3)4/h5,7-9,11H,6,10H2,1-4H3;(H2,2,3,4). The van der Waals surface area contributed by atoms with Crippen LogP contribution in [0, 0.1) is 19.8 Å². The molecule has 3 nitrogen and oxygen atoms in total. The van der Waals surface area contributed by atoms with Crippen LogP contribution in [0.15, 0.2) is 24.3 Å². The minimum absolute atomic E-state index is 0.178. The molecular formula is C17H23ClO3. The molecule has 4 heteroatoms. The van der Waals surface area contributed by atoms with Crippen molar-refractivity contribution in [3.05, 3.63) is 46.0 Å². The Morgan fingerprint density at radius 3 is 2.19 bits per heavy atom. The second-order valence-corrected chi connectivity index (χ2v) is 6.45. The topological polar surface area (TPSA) is 57.5 Å². The summed E-state index contributed by atoms with van der Waals surface area (Å²) in [4.78, 5) is 8.56. The summed E-state index contributed by atoms with van der Waals surface area (Å²) in [6.07, 6.45) is 5.30. The maximum absolute atomic E-state index is 8.56. The summed E-state index contributed by atoms with van der Waals surface area (Å²) in [6.45, 7) is 8.86. The Morgan fingerprint density at radius 1 is 1.29 bits per heavy atom. The highest BCUT2D eigenvalue weighted by molar-refractivity contribution is 6.32. The molecule has 2 N–H and O–H groups in total. The van der Waals surface area contributed by atoms with Crippen molar-refractivity contribution in [2.75, 3.05) is 0 Å². The summed E-state index contributed by atoms with van der Waals surface area (Å²) in [7, 11) is 0. The number of allylic oxidation sites excluding steroid dienone is 2. The highest BCUT2D eigenvalue weighted by Crippen LogP contribution is 2.39. The average Bonchev–Trinajstić information content (AvgIpc) is 2.34. The molecule has 0 saturated heterocycles. The normalized spacial score (nSPS) is 24.1. The quantitative estimate of drug-likeness (QED) is 0.681. The highest BCUT2D eigenvalue weighted by atomic mass is 35.5. The van der Waals surface area contributed by atoms with Gasteiger partial charge in [-0.3, -0.25) is 0 Å². The van der Waals surface area contributed by atoms with E-state index in [1.807, 2.05) is 0 Å². The highest BCUT2D eigenvalue weighted by Gasteiger charge is 2.29. The molecular weight excluding hydrogens is 288 g/mol. The average molecular weight is 311 g/mol. The van der Waals surface area contributed by atoms with E-state index in [1.165, 1.54) is 29.5 Å². The van der Waals surface area contributed by atoms with Crippen LogP contribution in [0.1, 0.15) is 43.4 Å². The van der Waals surface area contributed by atoms with Crippen molar-refractivity contribution in [1.82, 2.24) is 0 Å². The van der Waals surface area contributed by atoms with Gasteiger partial charge in [-0.25, -0.2) is 4.79 Å². The summed E-state index contributed by atoms with van der Waals surface area (Å²) in [6, 6.07) is 4.50. The zero-order chi connectivity index (χ0) is 16.2. The largest absolute Gasteiger partial charge is 0.503 e. The number of hydrogen-bond acceptors (Lipinski definition) is 1. The summed E-state index contributed by atoms with van der Waals surface area (Å²) in [5.74, 6) is 0.765. The van der Waals surface area contributed by atoms with E-state index in [2.05, 4.69) is 52.0 Å². The van der Waals surface area contributed by atoms with Crippen LogP contribution >= 0.6 is 11.6 Å². The third-order valence-corrected chi connectivity index (χ3v) is 4.49. The maximum atomic E-state index is 8.56. The molecule has 0 bridgehead atoms. The van der Waals surface area contributed by atoms with Crippen LogP contribution in [0.5, 0.6) is 0 Å². The monoisotopic (exact) mass is 310 g/mol. The molecule has 1 aromatic rings. The summed E-state index contributed by atoms with van der Waals surface area (Å²) < 4.78 is 0. The van der Waals surface area contributed by atoms with E-state index in [0.29, 0.717) is 0 Å². The van der Waals surface area contributed by atoms with Gasteiger partial charge in [-0.05, 0) is 49.3 Å². The van der Waals surface area contributed by atoms with Gasteiger partial charge in [0.25, 0.3) is 0 Å². The zero-order valence-electron chi connectivity index (χ0n) is 13.0. The predicted octanol–water partition coefficient (Wildman–Crippen LogP) is 5.42. The van der Waals surface area contributed by atoms with Crippen LogP contribution in [-0.2, 0) is 5.41 Å². The van der Waals surface area contributed by atoms with Gasteiger partial charge in [0.1, 0.15) is 0 Å². The van der Waals surface area contributed by atoms with Gasteiger partial charge in [0.2, 0.25) is 0 Å². The summed E-state index contributed by atoms with van der Waals surface area (Å²) in [5, 5.41) is 14.9. The Bertz CT molecular complexity index is 524. The minimum atomic E-state index is -1.83. The van der Waals surface area contributed by atoms with Crippen LogP contribution in [0.2, 0.25) is 5.02 Å². The summed E-state index contributed by atoms with van der Waals surface area (Å²) >= 11 is 6.24. The zero-order valence-corrected chi connectivity index (χ0v) is 13.7. The van der Waals surface area contributed by atoms with Gasteiger partial charge < -0.3 is 10.2 Å². The van der Waals surface area contributed by atoms with Crippen molar-refractivity contribution in [2.24, 2.45) is 5.92 Å². The van der Waals surface area contributed by atoms with Crippen LogP contribution in [0.25, 0.3) is 0 Å². The lowest BCUT2D eigenvalue weighted by atomic mass is 9.71. The van der Waals surface area contributed by atoms with Crippen LogP contribution in [-0.4, -0.2) is 16.4 Å². The first-order chi connectivity index (χ1) is 9.65. The molecule has 0 radical (unpaired) electrons. The SMILES string of the molecule is Cc1cc(C2(C)C=CCC(C)C2)cc(C)c1Cl.O=C(O)O. The van der Waals surface area contributed by atoms with E-state index >= 15 is 0 Å². The van der Waals surface area contributed by atoms with Gasteiger partial charge >= 0.3 is 6.16 Å². The van der Waals surface area contributed by atoms with E-state index in [1.54, 1.807) is 0 Å². The first kappa shape index (κ1) is 17.6. The first-order valence-electron chi connectivity index (χ1n) is 7.02. The van der Waals surface area contributed by atoms with E-state index in [4.69, 9.17) is 26.6 Å². The molecule has 2 atom stereocenters. The van der Waals surface area contributed by atoms with E-state index in [0.717, 1.165) is 10.9 Å². The number of carboxylic acid groups (broad SMARTS) is 2. The molecule has 2 rings (SSSR count). The van der Waals surface area contributed by atoms with Gasteiger partial charge in [-0.2, -0.15) is 0 Å². The number of aryl methyl sites for hydroxylation is 2. The van der Waals surface area contributed by atoms with Crippen molar-refractivity contribution >= 4 is 17.8 Å². The van der Waals surface area contributed by atoms with Crippen molar-refractivity contribution in [3.8, 4) is 0 Å². The second-order valence-electron chi connectivity index (χ2n) is 6.07. The number of benzene rings is 1. The minimum Gasteiger partial charge on any atom is -0.450 e. The predicted molar refractivity (Wildman–Crippen MR) is 86.5 cm³/mol. The first-order valence-corrected chi connectivity index (χ1v) is 7.40. The van der Waals surface area contributed by atoms with E-state index < -0.39 is 6.16 Å². The van der Waals surface area contributed by atoms with Crippen molar-refractivity contribution in [3.63, 3.8) is 0 Å². The number of hydrogen-bond donors (Lipinski definition) is 2. The van der Waals surface area contributed by atoms with Gasteiger partial charge in [0.15, 0.2) is 0 Å². The number of rotatable bonds is 1. The molecule has 1 aromatic carbocycles. The molecule has 0 aliphatic heterocycles. The Labute approximate surface area is 131 Å². The Morgan fingerprint density at radius 2 is 1.76 bits per heavy atom. The molecule has 0 fully saturated rings. The van der Waals surface area contributed by atoms with Gasteiger partial charge in [-0.15, -0.1) is 0 Å². The van der Waals surface area contributed by atoms with Gasteiger partial charge in [0.05, 0.1) is 0 Å². The Kier molecular flexibility index (Phi) is 5.85. The Balaban J connectivity index is 0.000000491. The lowest BCUT2D eigenvalue weighted by Gasteiger charge is -2.33. The fourth-order valence-corrected chi connectivity index (χ4v) is 3.03. The molecule has 21 heavy (non-hydrogen) atoms. The molecule has 0 saturated carbocycles. The Hall–Kier alpha value is -1.48. The van der Waals surface area contributed by atoms with Gasteiger partial charge in [0, 0.05) is 10.4 Å².